The average Bonchev–Trinajstić information content (AvgIpc) is 2.62. The van der Waals surface area contributed by atoms with Gasteiger partial charge in [0.05, 0.1) is 12.5 Å². The van der Waals surface area contributed by atoms with Crippen molar-refractivity contribution < 1.29 is 19.5 Å². The molecule has 1 aliphatic rings. The lowest BCUT2D eigenvalue weighted by atomic mass is 10.0. The molecular weight excluding hydrogens is 226 g/mol. The van der Waals surface area contributed by atoms with Crippen LogP contribution in [0.2, 0.25) is 0 Å². The Labute approximate surface area is 98.7 Å². The molecule has 0 aromatic rings. The van der Waals surface area contributed by atoms with Gasteiger partial charge < -0.3 is 21.5 Å². The minimum atomic E-state index is -1.26. The fourth-order valence-electron chi connectivity index (χ4n) is 1.85. The van der Waals surface area contributed by atoms with Gasteiger partial charge in [0.1, 0.15) is 6.04 Å². The van der Waals surface area contributed by atoms with E-state index in [2.05, 4.69) is 10.6 Å². The molecule has 1 heterocycles. The summed E-state index contributed by atoms with van der Waals surface area (Å²) in [5, 5.41) is 14.1. The van der Waals surface area contributed by atoms with Crippen molar-refractivity contribution in [3.05, 3.63) is 0 Å². The Hall–Kier alpha value is -1.63. The van der Waals surface area contributed by atoms with Crippen molar-refractivity contribution in [3.63, 3.8) is 0 Å². The van der Waals surface area contributed by atoms with Crippen LogP contribution < -0.4 is 16.4 Å². The molecule has 0 aromatic carbocycles. The minimum absolute atomic E-state index is 0.151. The highest BCUT2D eigenvalue weighted by Gasteiger charge is 2.32. The van der Waals surface area contributed by atoms with Crippen molar-refractivity contribution in [2.75, 3.05) is 6.54 Å². The first-order valence-electron chi connectivity index (χ1n) is 5.46. The van der Waals surface area contributed by atoms with Crippen LogP contribution in [0, 0.1) is 5.92 Å². The fourth-order valence-corrected chi connectivity index (χ4v) is 1.85. The Morgan fingerprint density at radius 3 is 2.59 bits per heavy atom. The van der Waals surface area contributed by atoms with Gasteiger partial charge in [-0.2, -0.15) is 0 Å². The Kier molecular flexibility index (Phi) is 4.45. The Balaban J connectivity index is 2.57. The van der Waals surface area contributed by atoms with E-state index in [0.717, 1.165) is 13.0 Å². The van der Waals surface area contributed by atoms with Crippen molar-refractivity contribution in [1.82, 2.24) is 10.6 Å². The molecular formula is C10H17N3O4. The molecule has 0 bridgehead atoms. The number of hydrogen-bond acceptors (Lipinski definition) is 4. The normalized spacial score (nSPS) is 25.2. The summed E-state index contributed by atoms with van der Waals surface area (Å²) < 4.78 is 0. The van der Waals surface area contributed by atoms with Crippen LogP contribution >= 0.6 is 0 Å². The summed E-state index contributed by atoms with van der Waals surface area (Å²) in [4.78, 5) is 33.3. The SMILES string of the molecule is CC1CCNC1C(=O)N[C@@H](CC(N)=O)C(=O)O. The Morgan fingerprint density at radius 1 is 1.53 bits per heavy atom. The van der Waals surface area contributed by atoms with Crippen molar-refractivity contribution in [3.8, 4) is 0 Å². The molecule has 1 saturated heterocycles. The summed E-state index contributed by atoms with van der Waals surface area (Å²) in [5.74, 6) is -2.27. The predicted octanol–water partition coefficient (Wildman–Crippen LogP) is -1.57. The molecule has 0 aromatic heterocycles. The molecule has 0 spiro atoms. The number of carbonyl (C=O) groups is 3. The molecule has 2 amide bonds. The van der Waals surface area contributed by atoms with E-state index in [4.69, 9.17) is 10.8 Å². The summed E-state index contributed by atoms with van der Waals surface area (Å²) in [6.07, 6.45) is 0.466. The van der Waals surface area contributed by atoms with Gasteiger partial charge in [-0.25, -0.2) is 4.79 Å². The molecule has 1 fully saturated rings. The second-order valence-corrected chi connectivity index (χ2v) is 4.27. The van der Waals surface area contributed by atoms with Gasteiger partial charge in [-0.15, -0.1) is 0 Å². The minimum Gasteiger partial charge on any atom is -0.480 e. The van der Waals surface area contributed by atoms with E-state index in [0.29, 0.717) is 0 Å². The number of carboxylic acids is 1. The molecule has 2 unspecified atom stereocenters. The number of amides is 2. The molecule has 5 N–H and O–H groups in total. The zero-order chi connectivity index (χ0) is 13.0. The molecule has 17 heavy (non-hydrogen) atoms. The first kappa shape index (κ1) is 13.4. The van der Waals surface area contributed by atoms with Crippen molar-refractivity contribution in [2.24, 2.45) is 11.7 Å². The van der Waals surface area contributed by atoms with Crippen LogP contribution in [-0.4, -0.2) is 41.5 Å². The molecule has 0 saturated carbocycles. The zero-order valence-corrected chi connectivity index (χ0v) is 9.60. The average molecular weight is 243 g/mol. The molecule has 7 heteroatoms. The van der Waals surface area contributed by atoms with Gasteiger partial charge in [0.25, 0.3) is 0 Å². The smallest absolute Gasteiger partial charge is 0.326 e. The lowest BCUT2D eigenvalue weighted by Gasteiger charge is -2.19. The third-order valence-electron chi connectivity index (χ3n) is 2.84. The van der Waals surface area contributed by atoms with Crippen LogP contribution in [0.4, 0.5) is 0 Å². The third kappa shape index (κ3) is 3.70. The third-order valence-corrected chi connectivity index (χ3v) is 2.84. The van der Waals surface area contributed by atoms with Crippen LogP contribution in [0.1, 0.15) is 19.8 Å². The molecule has 96 valence electrons. The number of hydrogen-bond donors (Lipinski definition) is 4. The van der Waals surface area contributed by atoms with Crippen LogP contribution in [0.15, 0.2) is 0 Å². The fraction of sp³-hybridized carbons (Fsp3) is 0.700. The standard InChI is InChI=1S/C10H17N3O4/c1-5-2-3-12-8(5)9(15)13-6(10(16)17)4-7(11)14/h5-6,8,12H,2-4H2,1H3,(H2,11,14)(H,13,15)(H,16,17)/t5?,6-,8?/m0/s1. The van der Waals surface area contributed by atoms with Crippen molar-refractivity contribution in [2.45, 2.75) is 31.8 Å². The maximum absolute atomic E-state index is 11.8. The largest absolute Gasteiger partial charge is 0.480 e. The molecule has 3 atom stereocenters. The second kappa shape index (κ2) is 5.62. The van der Waals surface area contributed by atoms with Crippen LogP contribution in [-0.2, 0) is 14.4 Å². The molecule has 1 rings (SSSR count). The number of carboxylic acid groups (broad SMARTS) is 1. The topological polar surface area (TPSA) is 122 Å². The number of primary amides is 1. The number of aliphatic carboxylic acids is 1. The Morgan fingerprint density at radius 2 is 2.18 bits per heavy atom. The van der Waals surface area contributed by atoms with E-state index in [-0.39, 0.29) is 5.92 Å². The lowest BCUT2D eigenvalue weighted by Crippen LogP contribution is -2.50. The highest BCUT2D eigenvalue weighted by atomic mass is 16.4. The van der Waals surface area contributed by atoms with E-state index in [1.165, 1.54) is 0 Å². The number of carbonyl (C=O) groups excluding carboxylic acids is 2. The quantitative estimate of drug-likeness (QED) is 0.464. The molecule has 7 nitrogen and oxygen atoms in total. The predicted molar refractivity (Wildman–Crippen MR) is 58.9 cm³/mol. The summed E-state index contributed by atoms with van der Waals surface area (Å²) in [6.45, 7) is 2.64. The van der Waals surface area contributed by atoms with Gasteiger partial charge in [-0.05, 0) is 18.9 Å². The van der Waals surface area contributed by atoms with Gasteiger partial charge >= 0.3 is 5.97 Å². The van der Waals surface area contributed by atoms with Crippen molar-refractivity contribution in [1.29, 1.82) is 0 Å². The monoisotopic (exact) mass is 243 g/mol. The molecule has 1 aliphatic heterocycles. The summed E-state index contributed by atoms with van der Waals surface area (Å²) >= 11 is 0. The van der Waals surface area contributed by atoms with Gasteiger partial charge in [0.15, 0.2) is 0 Å². The van der Waals surface area contributed by atoms with Gasteiger partial charge in [-0.3, -0.25) is 9.59 Å². The summed E-state index contributed by atoms with van der Waals surface area (Å²) in [6, 6.07) is -1.65. The number of rotatable bonds is 5. The summed E-state index contributed by atoms with van der Waals surface area (Å²) in [7, 11) is 0. The molecule has 0 radical (unpaired) electrons. The van der Waals surface area contributed by atoms with Gasteiger partial charge in [-0.1, -0.05) is 6.92 Å². The van der Waals surface area contributed by atoms with Crippen LogP contribution in [0.25, 0.3) is 0 Å². The lowest BCUT2D eigenvalue weighted by molar-refractivity contribution is -0.143. The van der Waals surface area contributed by atoms with E-state index in [1.54, 1.807) is 0 Å². The van der Waals surface area contributed by atoms with Crippen molar-refractivity contribution >= 4 is 17.8 Å². The highest BCUT2D eigenvalue weighted by Crippen LogP contribution is 2.14. The first-order valence-corrected chi connectivity index (χ1v) is 5.46. The molecule has 0 aliphatic carbocycles. The maximum atomic E-state index is 11.8. The van der Waals surface area contributed by atoms with E-state index >= 15 is 0 Å². The first-order chi connectivity index (χ1) is 7.91. The second-order valence-electron chi connectivity index (χ2n) is 4.27. The van der Waals surface area contributed by atoms with E-state index < -0.39 is 36.3 Å². The van der Waals surface area contributed by atoms with Crippen LogP contribution in [0.5, 0.6) is 0 Å². The summed E-state index contributed by atoms with van der Waals surface area (Å²) in [5.41, 5.74) is 4.92. The zero-order valence-electron chi connectivity index (χ0n) is 9.60. The van der Waals surface area contributed by atoms with E-state index in [1.807, 2.05) is 6.92 Å². The Bertz CT molecular complexity index is 332. The number of nitrogens with one attached hydrogen (secondary N) is 2. The highest BCUT2D eigenvalue weighted by molar-refractivity contribution is 5.90. The van der Waals surface area contributed by atoms with E-state index in [9.17, 15) is 14.4 Å². The van der Waals surface area contributed by atoms with Gasteiger partial charge in [0, 0.05) is 0 Å². The number of nitrogens with two attached hydrogens (primary N) is 1. The van der Waals surface area contributed by atoms with Gasteiger partial charge in [0.2, 0.25) is 11.8 Å². The maximum Gasteiger partial charge on any atom is 0.326 e. The van der Waals surface area contributed by atoms with Crippen LogP contribution in [0.3, 0.4) is 0 Å².